The summed E-state index contributed by atoms with van der Waals surface area (Å²) in [4.78, 5) is 22.1. The van der Waals surface area contributed by atoms with E-state index in [1.54, 1.807) is 13.0 Å². The van der Waals surface area contributed by atoms with E-state index in [1.807, 2.05) is 18.2 Å². The van der Waals surface area contributed by atoms with Gasteiger partial charge < -0.3 is 15.2 Å². The zero-order valence-electron chi connectivity index (χ0n) is 11.0. The first-order chi connectivity index (χ1) is 9.50. The van der Waals surface area contributed by atoms with Crippen LogP contribution in [0.4, 0.5) is 0 Å². The summed E-state index contributed by atoms with van der Waals surface area (Å²) < 4.78 is 6.33. The monoisotopic (exact) mass is 361 g/mol. The maximum atomic E-state index is 11.8. The number of carbonyl (C=O) groups is 2. The van der Waals surface area contributed by atoms with Crippen LogP contribution in [0.3, 0.4) is 0 Å². The van der Waals surface area contributed by atoms with Gasteiger partial charge in [-0.15, -0.1) is 11.8 Å². The van der Waals surface area contributed by atoms with Gasteiger partial charge in [0.25, 0.3) is 5.91 Å². The van der Waals surface area contributed by atoms with Crippen LogP contribution in [0.5, 0.6) is 5.75 Å². The van der Waals surface area contributed by atoms with Crippen molar-refractivity contribution in [3.05, 3.63) is 28.7 Å². The smallest absolute Gasteiger partial charge is 0.313 e. The highest BCUT2D eigenvalue weighted by atomic mass is 79.9. The van der Waals surface area contributed by atoms with Crippen LogP contribution >= 0.6 is 27.7 Å². The van der Waals surface area contributed by atoms with Gasteiger partial charge in [0.1, 0.15) is 5.75 Å². The zero-order valence-corrected chi connectivity index (χ0v) is 13.4. The first-order valence-electron chi connectivity index (χ1n) is 5.99. The molecule has 0 radical (unpaired) electrons. The quantitative estimate of drug-likeness (QED) is 0.693. The van der Waals surface area contributed by atoms with E-state index in [0.717, 1.165) is 4.47 Å². The largest absolute Gasteiger partial charge is 0.481 e. The Balaban J connectivity index is 2.29. The molecule has 1 unspecified atom stereocenters. The summed E-state index contributed by atoms with van der Waals surface area (Å²) in [5.41, 5.74) is 0. The molecule has 0 saturated heterocycles. The van der Waals surface area contributed by atoms with Crippen molar-refractivity contribution in [1.29, 1.82) is 0 Å². The third-order valence-corrected chi connectivity index (χ3v) is 3.88. The summed E-state index contributed by atoms with van der Waals surface area (Å²) in [6.45, 7) is 2.08. The minimum absolute atomic E-state index is 0.0406. The summed E-state index contributed by atoms with van der Waals surface area (Å²) >= 11 is 4.60. The number of halogens is 1. The second-order valence-corrected chi connectivity index (χ2v) is 5.89. The van der Waals surface area contributed by atoms with Gasteiger partial charge in [-0.2, -0.15) is 0 Å². The molecule has 1 aromatic carbocycles. The Hall–Kier alpha value is -1.21. The van der Waals surface area contributed by atoms with E-state index in [-0.39, 0.29) is 11.7 Å². The van der Waals surface area contributed by atoms with Crippen molar-refractivity contribution in [2.24, 2.45) is 0 Å². The van der Waals surface area contributed by atoms with E-state index in [2.05, 4.69) is 21.2 Å². The number of carboxylic acid groups (broad SMARTS) is 1. The second-order valence-electron chi connectivity index (χ2n) is 3.93. The molecule has 0 spiro atoms. The molecule has 0 heterocycles. The number of hydrogen-bond acceptors (Lipinski definition) is 4. The Bertz CT molecular complexity index is 469. The lowest BCUT2D eigenvalue weighted by molar-refractivity contribution is -0.134. The highest BCUT2D eigenvalue weighted by Crippen LogP contribution is 2.24. The number of thioether (sulfide) groups is 1. The molecule has 2 N–H and O–H groups in total. The SMILES string of the molecule is CC(Oc1ccccc1Br)C(=O)NCCSCC(=O)O. The van der Waals surface area contributed by atoms with E-state index < -0.39 is 12.1 Å². The molecule has 0 saturated carbocycles. The van der Waals surface area contributed by atoms with E-state index in [4.69, 9.17) is 9.84 Å². The second kappa shape index (κ2) is 8.86. The predicted molar refractivity (Wildman–Crippen MR) is 82.2 cm³/mol. The Kier molecular flexibility index (Phi) is 7.46. The van der Waals surface area contributed by atoms with Gasteiger partial charge in [0.15, 0.2) is 6.10 Å². The molecule has 110 valence electrons. The summed E-state index contributed by atoms with van der Waals surface area (Å²) in [7, 11) is 0. The number of para-hydroxylation sites is 1. The Labute approximate surface area is 130 Å². The molecular formula is C13H16BrNO4S. The van der Waals surface area contributed by atoms with Crippen LogP contribution in [0.25, 0.3) is 0 Å². The molecular weight excluding hydrogens is 346 g/mol. The molecule has 1 amide bonds. The van der Waals surface area contributed by atoms with Gasteiger partial charge in [-0.25, -0.2) is 0 Å². The van der Waals surface area contributed by atoms with Crippen LogP contribution in [0.15, 0.2) is 28.7 Å². The lowest BCUT2D eigenvalue weighted by Gasteiger charge is -2.15. The molecule has 0 bridgehead atoms. The van der Waals surface area contributed by atoms with E-state index in [1.165, 1.54) is 11.8 Å². The fourth-order valence-electron chi connectivity index (χ4n) is 1.33. The fourth-order valence-corrected chi connectivity index (χ4v) is 2.28. The fraction of sp³-hybridized carbons (Fsp3) is 0.385. The van der Waals surface area contributed by atoms with Crippen LogP contribution in [-0.4, -0.2) is 41.1 Å². The van der Waals surface area contributed by atoms with Crippen molar-refractivity contribution in [2.45, 2.75) is 13.0 Å². The van der Waals surface area contributed by atoms with Gasteiger partial charge in [-0.05, 0) is 35.0 Å². The number of rotatable bonds is 8. The molecule has 0 aromatic heterocycles. The molecule has 7 heteroatoms. The van der Waals surface area contributed by atoms with Crippen LogP contribution in [0, 0.1) is 0 Å². The van der Waals surface area contributed by atoms with E-state index in [9.17, 15) is 9.59 Å². The van der Waals surface area contributed by atoms with Crippen molar-refractivity contribution in [1.82, 2.24) is 5.32 Å². The van der Waals surface area contributed by atoms with E-state index >= 15 is 0 Å². The number of ether oxygens (including phenoxy) is 1. The summed E-state index contributed by atoms with van der Waals surface area (Å²) in [6, 6.07) is 7.30. The number of hydrogen-bond donors (Lipinski definition) is 2. The molecule has 0 aliphatic carbocycles. The number of aliphatic carboxylic acids is 1. The Morgan fingerprint density at radius 3 is 2.80 bits per heavy atom. The first kappa shape index (κ1) is 16.8. The van der Waals surface area contributed by atoms with Gasteiger partial charge in [-0.3, -0.25) is 9.59 Å². The van der Waals surface area contributed by atoms with Gasteiger partial charge in [0.05, 0.1) is 10.2 Å². The number of carboxylic acids is 1. The summed E-state index contributed by atoms with van der Waals surface area (Å²) in [5, 5.41) is 11.2. The maximum absolute atomic E-state index is 11.8. The van der Waals surface area contributed by atoms with Crippen LogP contribution < -0.4 is 10.1 Å². The van der Waals surface area contributed by atoms with Crippen molar-refractivity contribution in [2.75, 3.05) is 18.1 Å². The van der Waals surface area contributed by atoms with Crippen molar-refractivity contribution in [3.8, 4) is 5.75 Å². The first-order valence-corrected chi connectivity index (χ1v) is 7.94. The third-order valence-electron chi connectivity index (χ3n) is 2.28. The normalized spacial score (nSPS) is 11.7. The van der Waals surface area contributed by atoms with Crippen LogP contribution in [0.1, 0.15) is 6.92 Å². The van der Waals surface area contributed by atoms with Gasteiger partial charge in [-0.1, -0.05) is 12.1 Å². The maximum Gasteiger partial charge on any atom is 0.313 e. The van der Waals surface area contributed by atoms with Gasteiger partial charge in [0, 0.05) is 12.3 Å². The summed E-state index contributed by atoms with van der Waals surface area (Å²) in [6.07, 6.45) is -0.613. The number of amides is 1. The number of benzene rings is 1. The minimum atomic E-state index is -0.855. The van der Waals surface area contributed by atoms with Crippen LogP contribution in [-0.2, 0) is 9.59 Å². The van der Waals surface area contributed by atoms with Crippen molar-refractivity contribution in [3.63, 3.8) is 0 Å². The number of carbonyl (C=O) groups excluding carboxylic acids is 1. The molecule has 0 aliphatic heterocycles. The lowest BCUT2D eigenvalue weighted by Crippen LogP contribution is -2.37. The molecule has 20 heavy (non-hydrogen) atoms. The molecule has 0 fully saturated rings. The highest BCUT2D eigenvalue weighted by molar-refractivity contribution is 9.10. The standard InChI is InChI=1S/C13H16BrNO4S/c1-9(19-11-5-3-2-4-10(11)14)13(18)15-6-7-20-8-12(16)17/h2-5,9H,6-8H2,1H3,(H,15,18)(H,16,17). The molecule has 1 atom stereocenters. The minimum Gasteiger partial charge on any atom is -0.481 e. The molecule has 0 aliphatic rings. The molecule has 1 aromatic rings. The average Bonchev–Trinajstić information content (AvgIpc) is 2.40. The Morgan fingerprint density at radius 1 is 1.45 bits per heavy atom. The average molecular weight is 362 g/mol. The number of nitrogens with one attached hydrogen (secondary N) is 1. The van der Waals surface area contributed by atoms with Crippen LogP contribution in [0.2, 0.25) is 0 Å². The predicted octanol–water partition coefficient (Wildman–Crippen LogP) is 2.15. The summed E-state index contributed by atoms with van der Waals surface area (Å²) in [5.74, 6) is 0.123. The van der Waals surface area contributed by atoms with Gasteiger partial charge in [0.2, 0.25) is 0 Å². The zero-order chi connectivity index (χ0) is 15.0. The van der Waals surface area contributed by atoms with Gasteiger partial charge >= 0.3 is 5.97 Å². The molecule has 1 rings (SSSR count). The third kappa shape index (κ3) is 6.29. The van der Waals surface area contributed by atoms with E-state index in [0.29, 0.717) is 18.0 Å². The Morgan fingerprint density at radius 2 is 2.15 bits per heavy atom. The molecule has 5 nitrogen and oxygen atoms in total. The topological polar surface area (TPSA) is 75.6 Å². The highest BCUT2D eigenvalue weighted by Gasteiger charge is 2.15. The van der Waals surface area contributed by atoms with Crippen molar-refractivity contribution >= 4 is 39.6 Å². The van der Waals surface area contributed by atoms with Crippen molar-refractivity contribution < 1.29 is 19.4 Å². The lowest BCUT2D eigenvalue weighted by atomic mass is 10.3.